The lowest BCUT2D eigenvalue weighted by molar-refractivity contribution is -0.145. The van der Waals surface area contributed by atoms with E-state index in [1.807, 2.05) is 0 Å². The summed E-state index contributed by atoms with van der Waals surface area (Å²) in [5.74, 6) is -1.10. The number of nitrogens with one attached hydrogen (secondary N) is 1. The zero-order chi connectivity index (χ0) is 21.7. The van der Waals surface area contributed by atoms with Crippen LogP contribution in [0.4, 0.5) is 10.1 Å². The standard InChI is InChI=1S/C20H15Cl2FN2O4S/c1-2-28-17(26)10-29-18-14(21)7-11(8-15(18)22)9-16-19(27)25-20(30-16)24-13-5-3-12(23)4-6-13/h3-9H,2,10H2,1H3,(H,24,25,27)/b16-9+. The van der Waals surface area contributed by atoms with E-state index in [4.69, 9.17) is 32.7 Å². The van der Waals surface area contributed by atoms with Crippen LogP contribution >= 0.6 is 35.0 Å². The van der Waals surface area contributed by atoms with Crippen LogP contribution in [0.1, 0.15) is 12.5 Å². The minimum atomic E-state index is -0.539. The van der Waals surface area contributed by atoms with Gasteiger partial charge in [-0.3, -0.25) is 4.79 Å². The Hall–Kier alpha value is -2.55. The normalized spacial score (nSPS) is 16.1. The van der Waals surface area contributed by atoms with Gasteiger partial charge in [-0.05, 0) is 66.7 Å². The average Bonchev–Trinajstić information content (AvgIpc) is 3.02. The smallest absolute Gasteiger partial charge is 0.344 e. The van der Waals surface area contributed by atoms with Gasteiger partial charge in [0.15, 0.2) is 17.5 Å². The van der Waals surface area contributed by atoms with Crippen molar-refractivity contribution in [2.75, 3.05) is 13.2 Å². The Morgan fingerprint density at radius 3 is 2.53 bits per heavy atom. The molecule has 1 N–H and O–H groups in total. The quantitative estimate of drug-likeness (QED) is 0.478. The molecule has 1 aliphatic rings. The Balaban J connectivity index is 1.75. The van der Waals surface area contributed by atoms with Crippen molar-refractivity contribution in [3.05, 3.63) is 62.7 Å². The summed E-state index contributed by atoms with van der Waals surface area (Å²) < 4.78 is 23.1. The van der Waals surface area contributed by atoms with Gasteiger partial charge in [-0.2, -0.15) is 0 Å². The van der Waals surface area contributed by atoms with E-state index in [9.17, 15) is 14.0 Å². The summed E-state index contributed by atoms with van der Waals surface area (Å²) in [5.41, 5.74) is 1.07. The minimum Gasteiger partial charge on any atom is -0.479 e. The molecule has 0 bridgehead atoms. The van der Waals surface area contributed by atoms with E-state index in [0.717, 1.165) is 11.8 Å². The van der Waals surface area contributed by atoms with Gasteiger partial charge < -0.3 is 14.8 Å². The van der Waals surface area contributed by atoms with Crippen LogP contribution < -0.4 is 10.1 Å². The Bertz CT molecular complexity index is 1020. The van der Waals surface area contributed by atoms with E-state index in [1.54, 1.807) is 25.1 Å². The highest BCUT2D eigenvalue weighted by molar-refractivity contribution is 8.18. The molecule has 0 radical (unpaired) electrons. The number of nitrogens with zero attached hydrogens (tertiary/aromatic N) is 1. The number of ether oxygens (including phenoxy) is 2. The first-order chi connectivity index (χ1) is 14.4. The minimum absolute atomic E-state index is 0.149. The fourth-order valence-electron chi connectivity index (χ4n) is 2.40. The van der Waals surface area contributed by atoms with E-state index in [2.05, 4.69) is 10.3 Å². The molecular weight excluding hydrogens is 454 g/mol. The largest absolute Gasteiger partial charge is 0.479 e. The summed E-state index contributed by atoms with van der Waals surface area (Å²) in [6, 6.07) is 8.70. The lowest BCUT2D eigenvalue weighted by Gasteiger charge is -2.10. The molecule has 2 aromatic carbocycles. The monoisotopic (exact) mass is 468 g/mol. The summed E-state index contributed by atoms with van der Waals surface area (Å²) in [6.45, 7) is 1.60. The number of thioether (sulfide) groups is 1. The summed E-state index contributed by atoms with van der Waals surface area (Å²) in [7, 11) is 0. The van der Waals surface area contributed by atoms with Crippen molar-refractivity contribution in [3.63, 3.8) is 0 Å². The van der Waals surface area contributed by atoms with Crippen molar-refractivity contribution in [3.8, 4) is 5.75 Å². The van der Waals surface area contributed by atoms with Gasteiger partial charge in [-0.15, -0.1) is 0 Å². The number of amides is 1. The molecule has 1 aliphatic heterocycles. The van der Waals surface area contributed by atoms with E-state index < -0.39 is 5.97 Å². The molecule has 1 amide bonds. The fourth-order valence-corrected chi connectivity index (χ4v) is 3.85. The first kappa shape index (κ1) is 22.1. The van der Waals surface area contributed by atoms with Crippen LogP contribution in [0.15, 0.2) is 46.3 Å². The van der Waals surface area contributed by atoms with Gasteiger partial charge in [-0.25, -0.2) is 14.2 Å². The molecule has 1 fully saturated rings. The number of hydrogen-bond acceptors (Lipinski definition) is 6. The second-order valence-corrected chi connectivity index (χ2v) is 7.71. The maximum Gasteiger partial charge on any atom is 0.344 e. The summed E-state index contributed by atoms with van der Waals surface area (Å²) in [5, 5.41) is 3.37. The predicted molar refractivity (Wildman–Crippen MR) is 116 cm³/mol. The van der Waals surface area contributed by atoms with Crippen LogP contribution in [0.3, 0.4) is 0 Å². The summed E-state index contributed by atoms with van der Waals surface area (Å²) in [6.07, 6.45) is 1.60. The number of esters is 1. The highest BCUT2D eigenvalue weighted by Gasteiger charge is 2.24. The number of rotatable bonds is 6. The Kier molecular flexibility index (Phi) is 7.36. The van der Waals surface area contributed by atoms with Gasteiger partial charge in [-0.1, -0.05) is 23.2 Å². The van der Waals surface area contributed by atoms with Crippen LogP contribution in [-0.2, 0) is 14.3 Å². The molecule has 2 aromatic rings. The molecule has 0 aliphatic carbocycles. The Morgan fingerprint density at radius 2 is 1.90 bits per heavy atom. The fraction of sp³-hybridized carbons (Fsp3) is 0.150. The first-order valence-electron chi connectivity index (χ1n) is 8.68. The maximum atomic E-state index is 13.0. The molecule has 1 heterocycles. The molecule has 6 nitrogen and oxygen atoms in total. The second-order valence-electron chi connectivity index (χ2n) is 5.87. The van der Waals surface area contributed by atoms with Gasteiger partial charge in [0.25, 0.3) is 5.91 Å². The molecule has 10 heteroatoms. The Morgan fingerprint density at radius 1 is 1.23 bits per heavy atom. The topological polar surface area (TPSA) is 77.0 Å². The molecule has 0 aromatic heterocycles. The molecule has 3 rings (SSSR count). The number of halogens is 3. The number of aliphatic imine (C=N–C) groups is 1. The third-order valence-electron chi connectivity index (χ3n) is 3.67. The van der Waals surface area contributed by atoms with Crippen LogP contribution in [0.5, 0.6) is 5.75 Å². The molecule has 30 heavy (non-hydrogen) atoms. The van der Waals surface area contributed by atoms with E-state index >= 15 is 0 Å². The number of amidine groups is 1. The van der Waals surface area contributed by atoms with E-state index in [1.165, 1.54) is 24.3 Å². The lowest BCUT2D eigenvalue weighted by atomic mass is 10.2. The first-order valence-corrected chi connectivity index (χ1v) is 10.3. The third kappa shape index (κ3) is 5.75. The van der Waals surface area contributed by atoms with Crippen LogP contribution in [-0.4, -0.2) is 30.3 Å². The summed E-state index contributed by atoms with van der Waals surface area (Å²) in [4.78, 5) is 28.3. The van der Waals surface area contributed by atoms with Crippen LogP contribution in [0.25, 0.3) is 6.08 Å². The van der Waals surface area contributed by atoms with Crippen LogP contribution in [0.2, 0.25) is 10.0 Å². The highest BCUT2D eigenvalue weighted by Crippen LogP contribution is 2.36. The van der Waals surface area contributed by atoms with Crippen molar-refractivity contribution >= 4 is 63.8 Å². The molecule has 1 saturated heterocycles. The van der Waals surface area contributed by atoms with Crippen molar-refractivity contribution in [1.29, 1.82) is 0 Å². The second kappa shape index (κ2) is 9.97. The zero-order valence-electron chi connectivity index (χ0n) is 15.6. The lowest BCUT2D eigenvalue weighted by Crippen LogP contribution is -2.19. The average molecular weight is 469 g/mol. The van der Waals surface area contributed by atoms with E-state index in [0.29, 0.717) is 21.3 Å². The molecule has 0 atom stereocenters. The molecule has 0 unspecified atom stereocenters. The van der Waals surface area contributed by atoms with Gasteiger partial charge in [0.1, 0.15) is 5.82 Å². The number of benzene rings is 2. The molecule has 0 saturated carbocycles. The van der Waals surface area contributed by atoms with Crippen molar-refractivity contribution in [2.24, 2.45) is 4.99 Å². The molecule has 0 spiro atoms. The van der Waals surface area contributed by atoms with Crippen molar-refractivity contribution in [2.45, 2.75) is 6.92 Å². The van der Waals surface area contributed by atoms with Gasteiger partial charge in [0.2, 0.25) is 0 Å². The predicted octanol–water partition coefficient (Wildman–Crippen LogP) is 4.97. The van der Waals surface area contributed by atoms with E-state index in [-0.39, 0.29) is 40.7 Å². The Labute approximate surface area is 186 Å². The maximum absolute atomic E-state index is 13.0. The zero-order valence-corrected chi connectivity index (χ0v) is 17.9. The highest BCUT2D eigenvalue weighted by atomic mass is 35.5. The number of hydrogen-bond donors (Lipinski definition) is 1. The van der Waals surface area contributed by atoms with Crippen molar-refractivity contribution < 1.29 is 23.5 Å². The molecule has 156 valence electrons. The molecular formula is C20H15Cl2FN2O4S. The van der Waals surface area contributed by atoms with Gasteiger partial charge in [0.05, 0.1) is 27.2 Å². The summed E-state index contributed by atoms with van der Waals surface area (Å²) >= 11 is 13.6. The van der Waals surface area contributed by atoms with Crippen LogP contribution in [0, 0.1) is 5.82 Å². The number of carbonyl (C=O) groups is 2. The number of carbonyl (C=O) groups excluding carboxylic acids is 2. The van der Waals surface area contributed by atoms with Gasteiger partial charge >= 0.3 is 5.97 Å². The SMILES string of the molecule is CCOC(=O)COc1c(Cl)cc(/C=C2/SC(=Nc3ccc(F)cc3)NC2=O)cc1Cl. The van der Waals surface area contributed by atoms with Crippen molar-refractivity contribution in [1.82, 2.24) is 5.32 Å². The third-order valence-corrected chi connectivity index (χ3v) is 5.14. The van der Waals surface area contributed by atoms with Gasteiger partial charge in [0, 0.05) is 0 Å².